The highest BCUT2D eigenvalue weighted by Gasteiger charge is 2.07. The van der Waals surface area contributed by atoms with E-state index in [0.717, 1.165) is 6.42 Å². The number of fused-ring (bicyclic) bond motifs is 2. The van der Waals surface area contributed by atoms with Crippen LogP contribution in [0.4, 0.5) is 0 Å². The van der Waals surface area contributed by atoms with Gasteiger partial charge in [0.2, 0.25) is 0 Å². The Labute approximate surface area is 148 Å². The number of hydrogen-bond donors (Lipinski definition) is 0. The van der Waals surface area contributed by atoms with Crippen LogP contribution < -0.4 is 0 Å². The number of nitrogens with zero attached hydrogens (tertiary/aromatic N) is 1. The van der Waals surface area contributed by atoms with E-state index >= 15 is 0 Å². The molecule has 0 spiro atoms. The molecule has 1 atom stereocenters. The Morgan fingerprint density at radius 2 is 1.32 bits per heavy atom. The molecule has 0 saturated carbocycles. The standard InChI is InChI=1S/C24H21N/c1-18(22-15-7-12-20-9-3-5-14-24(20)22)25-17-16-21-11-6-10-19-8-2-4-13-23(19)21/h2-15,17-18H,16H2,1H3. The minimum Gasteiger partial charge on any atom is -0.289 e. The van der Waals surface area contributed by atoms with E-state index in [1.807, 2.05) is 0 Å². The highest BCUT2D eigenvalue weighted by molar-refractivity contribution is 5.88. The first-order valence-corrected chi connectivity index (χ1v) is 8.79. The zero-order chi connectivity index (χ0) is 17.1. The molecule has 0 N–H and O–H groups in total. The van der Waals surface area contributed by atoms with Crippen LogP contribution in [0.2, 0.25) is 0 Å². The van der Waals surface area contributed by atoms with Gasteiger partial charge in [0.15, 0.2) is 0 Å². The summed E-state index contributed by atoms with van der Waals surface area (Å²) in [4.78, 5) is 4.82. The Bertz CT molecular complexity index is 1040. The van der Waals surface area contributed by atoms with Gasteiger partial charge in [0, 0.05) is 12.6 Å². The molecule has 0 aromatic heterocycles. The van der Waals surface area contributed by atoms with E-state index in [1.54, 1.807) is 0 Å². The maximum atomic E-state index is 4.82. The summed E-state index contributed by atoms with van der Waals surface area (Å²) in [5.41, 5.74) is 2.61. The number of aliphatic imine (C=N–C) groups is 1. The summed E-state index contributed by atoms with van der Waals surface area (Å²) in [5.74, 6) is 0. The van der Waals surface area contributed by atoms with Crippen molar-refractivity contribution in [3.63, 3.8) is 0 Å². The third kappa shape index (κ3) is 3.18. The number of rotatable bonds is 4. The summed E-state index contributed by atoms with van der Waals surface area (Å²) >= 11 is 0. The molecule has 0 aliphatic rings. The van der Waals surface area contributed by atoms with Crippen LogP contribution in [-0.4, -0.2) is 6.21 Å². The van der Waals surface area contributed by atoms with Crippen LogP contribution in [0, 0.1) is 0 Å². The smallest absolute Gasteiger partial charge is 0.0723 e. The molecule has 4 rings (SSSR count). The van der Waals surface area contributed by atoms with Gasteiger partial charge in [-0.1, -0.05) is 84.9 Å². The second kappa shape index (κ2) is 6.90. The number of benzene rings is 4. The van der Waals surface area contributed by atoms with Crippen molar-refractivity contribution < 1.29 is 0 Å². The largest absolute Gasteiger partial charge is 0.289 e. The predicted molar refractivity (Wildman–Crippen MR) is 109 cm³/mol. The van der Waals surface area contributed by atoms with Crippen molar-refractivity contribution in [3.8, 4) is 0 Å². The van der Waals surface area contributed by atoms with E-state index in [0.29, 0.717) is 0 Å². The van der Waals surface area contributed by atoms with Crippen molar-refractivity contribution in [1.82, 2.24) is 0 Å². The molecule has 4 aromatic rings. The summed E-state index contributed by atoms with van der Waals surface area (Å²) in [6.07, 6.45) is 2.92. The molecular formula is C24H21N. The van der Waals surface area contributed by atoms with Crippen LogP contribution in [0.15, 0.2) is 89.9 Å². The monoisotopic (exact) mass is 323 g/mol. The summed E-state index contributed by atoms with van der Waals surface area (Å²) in [6.45, 7) is 2.17. The molecule has 1 heteroatoms. The van der Waals surface area contributed by atoms with Crippen LogP contribution in [0.3, 0.4) is 0 Å². The fourth-order valence-corrected chi connectivity index (χ4v) is 3.47. The molecule has 1 unspecified atom stereocenters. The summed E-state index contributed by atoms with van der Waals surface area (Å²) in [7, 11) is 0. The van der Waals surface area contributed by atoms with Gasteiger partial charge >= 0.3 is 0 Å². The SMILES string of the molecule is CC(N=CCc1cccc2ccccc12)c1cccc2ccccc12. The summed E-state index contributed by atoms with van der Waals surface area (Å²) in [5, 5.41) is 5.17. The maximum absolute atomic E-state index is 4.82. The highest BCUT2D eigenvalue weighted by Crippen LogP contribution is 2.26. The normalized spacial score (nSPS) is 12.8. The van der Waals surface area contributed by atoms with Gasteiger partial charge in [0.25, 0.3) is 0 Å². The predicted octanol–water partition coefficient (Wildman–Crippen LogP) is 6.37. The van der Waals surface area contributed by atoms with Crippen LogP contribution in [0.1, 0.15) is 24.1 Å². The average molecular weight is 323 g/mol. The van der Waals surface area contributed by atoms with Crippen LogP contribution in [0.5, 0.6) is 0 Å². The lowest BCUT2D eigenvalue weighted by atomic mass is 10.00. The van der Waals surface area contributed by atoms with Crippen molar-refractivity contribution in [2.45, 2.75) is 19.4 Å². The lowest BCUT2D eigenvalue weighted by Crippen LogP contribution is -1.94. The fourth-order valence-electron chi connectivity index (χ4n) is 3.47. The van der Waals surface area contributed by atoms with Crippen molar-refractivity contribution in [1.29, 1.82) is 0 Å². The zero-order valence-electron chi connectivity index (χ0n) is 14.4. The lowest BCUT2D eigenvalue weighted by molar-refractivity contribution is 0.830. The van der Waals surface area contributed by atoms with Crippen LogP contribution in [-0.2, 0) is 6.42 Å². The Kier molecular flexibility index (Phi) is 4.30. The molecule has 0 heterocycles. The Balaban J connectivity index is 1.59. The van der Waals surface area contributed by atoms with E-state index in [2.05, 4.69) is 98.1 Å². The first-order chi connectivity index (χ1) is 12.3. The second-order valence-electron chi connectivity index (χ2n) is 6.42. The second-order valence-corrected chi connectivity index (χ2v) is 6.42. The quantitative estimate of drug-likeness (QED) is 0.387. The van der Waals surface area contributed by atoms with E-state index < -0.39 is 0 Å². The Hall–Kier alpha value is -2.93. The zero-order valence-corrected chi connectivity index (χ0v) is 14.4. The minimum absolute atomic E-state index is 0.154. The molecule has 25 heavy (non-hydrogen) atoms. The molecule has 0 amide bonds. The van der Waals surface area contributed by atoms with Gasteiger partial charge in [0.1, 0.15) is 0 Å². The molecule has 4 aromatic carbocycles. The van der Waals surface area contributed by atoms with Gasteiger partial charge < -0.3 is 0 Å². The molecule has 0 saturated heterocycles. The topological polar surface area (TPSA) is 12.4 Å². The molecule has 0 fully saturated rings. The van der Waals surface area contributed by atoms with Gasteiger partial charge in [-0.15, -0.1) is 0 Å². The van der Waals surface area contributed by atoms with Gasteiger partial charge in [-0.05, 0) is 39.6 Å². The first-order valence-electron chi connectivity index (χ1n) is 8.79. The molecule has 122 valence electrons. The average Bonchev–Trinajstić information content (AvgIpc) is 2.67. The third-order valence-electron chi connectivity index (χ3n) is 4.79. The third-order valence-corrected chi connectivity index (χ3v) is 4.79. The highest BCUT2D eigenvalue weighted by atomic mass is 14.8. The molecule has 0 bridgehead atoms. The van der Waals surface area contributed by atoms with Gasteiger partial charge in [-0.3, -0.25) is 4.99 Å². The molecule has 0 aliphatic carbocycles. The van der Waals surface area contributed by atoms with E-state index in [1.165, 1.54) is 32.7 Å². The van der Waals surface area contributed by atoms with Gasteiger partial charge in [0.05, 0.1) is 6.04 Å². The minimum atomic E-state index is 0.154. The van der Waals surface area contributed by atoms with E-state index in [-0.39, 0.29) is 6.04 Å². The van der Waals surface area contributed by atoms with Crippen LogP contribution >= 0.6 is 0 Å². The number of hydrogen-bond acceptors (Lipinski definition) is 1. The Morgan fingerprint density at radius 3 is 2.12 bits per heavy atom. The molecule has 0 aliphatic heterocycles. The van der Waals surface area contributed by atoms with Crippen molar-refractivity contribution >= 4 is 27.8 Å². The fraction of sp³-hybridized carbons (Fsp3) is 0.125. The van der Waals surface area contributed by atoms with Gasteiger partial charge in [-0.25, -0.2) is 0 Å². The maximum Gasteiger partial charge on any atom is 0.0723 e. The first kappa shape index (κ1) is 15.6. The van der Waals surface area contributed by atoms with Crippen LogP contribution in [0.25, 0.3) is 21.5 Å². The lowest BCUT2D eigenvalue weighted by Gasteiger charge is -2.11. The Morgan fingerprint density at radius 1 is 0.720 bits per heavy atom. The van der Waals surface area contributed by atoms with E-state index in [9.17, 15) is 0 Å². The molecule has 1 nitrogen and oxygen atoms in total. The summed E-state index contributed by atoms with van der Waals surface area (Å²) < 4.78 is 0. The van der Waals surface area contributed by atoms with Crippen molar-refractivity contribution in [3.05, 3.63) is 96.1 Å². The van der Waals surface area contributed by atoms with Gasteiger partial charge in [-0.2, -0.15) is 0 Å². The van der Waals surface area contributed by atoms with E-state index in [4.69, 9.17) is 4.99 Å². The molecular weight excluding hydrogens is 302 g/mol. The molecule has 0 radical (unpaired) electrons. The van der Waals surface area contributed by atoms with Crippen molar-refractivity contribution in [2.24, 2.45) is 4.99 Å². The van der Waals surface area contributed by atoms with Crippen molar-refractivity contribution in [2.75, 3.05) is 0 Å². The summed E-state index contributed by atoms with van der Waals surface area (Å²) in [6, 6.07) is 30.1.